The zero-order valence-electron chi connectivity index (χ0n) is 12.4. The van der Waals surface area contributed by atoms with Crippen molar-refractivity contribution in [2.24, 2.45) is 0 Å². The molecule has 2 aromatic carbocycles. The average Bonchev–Trinajstić information content (AvgIpc) is 2.48. The van der Waals surface area contributed by atoms with E-state index in [-0.39, 0.29) is 11.9 Å². The smallest absolute Gasteiger partial charge is 0.126 e. The maximum Gasteiger partial charge on any atom is 0.126 e. The Morgan fingerprint density at radius 1 is 1.00 bits per heavy atom. The van der Waals surface area contributed by atoms with E-state index in [1.807, 2.05) is 12.1 Å². The lowest BCUT2D eigenvalue weighted by molar-refractivity contribution is 0.597. The summed E-state index contributed by atoms with van der Waals surface area (Å²) in [4.78, 5) is 0. The average molecular weight is 271 g/mol. The van der Waals surface area contributed by atoms with Gasteiger partial charge in [0.1, 0.15) is 5.82 Å². The highest BCUT2D eigenvalue weighted by Crippen LogP contribution is 2.24. The summed E-state index contributed by atoms with van der Waals surface area (Å²) in [5.41, 5.74) is 4.15. The Morgan fingerprint density at radius 2 is 1.65 bits per heavy atom. The molecule has 20 heavy (non-hydrogen) atoms. The van der Waals surface area contributed by atoms with Crippen LogP contribution in [-0.4, -0.2) is 6.54 Å². The van der Waals surface area contributed by atoms with Gasteiger partial charge >= 0.3 is 0 Å². The van der Waals surface area contributed by atoms with Crippen LogP contribution in [-0.2, 0) is 6.42 Å². The van der Waals surface area contributed by atoms with Crippen molar-refractivity contribution >= 4 is 0 Å². The first-order valence-electron chi connectivity index (χ1n) is 7.24. The number of hydrogen-bond donors (Lipinski definition) is 1. The van der Waals surface area contributed by atoms with Gasteiger partial charge in [0.25, 0.3) is 0 Å². The van der Waals surface area contributed by atoms with Crippen molar-refractivity contribution in [1.29, 1.82) is 0 Å². The third kappa shape index (κ3) is 3.26. The van der Waals surface area contributed by atoms with Gasteiger partial charge in [0.2, 0.25) is 0 Å². The molecule has 0 fully saturated rings. The van der Waals surface area contributed by atoms with E-state index in [9.17, 15) is 4.39 Å². The van der Waals surface area contributed by atoms with Crippen LogP contribution in [0.15, 0.2) is 42.5 Å². The van der Waals surface area contributed by atoms with Crippen LogP contribution in [0.1, 0.15) is 42.1 Å². The quantitative estimate of drug-likeness (QED) is 0.850. The van der Waals surface area contributed by atoms with Crippen molar-refractivity contribution in [3.63, 3.8) is 0 Å². The number of nitrogens with one attached hydrogen (secondary N) is 1. The van der Waals surface area contributed by atoms with Crippen molar-refractivity contribution in [2.75, 3.05) is 6.54 Å². The van der Waals surface area contributed by atoms with E-state index in [0.717, 1.165) is 18.5 Å². The van der Waals surface area contributed by atoms with Gasteiger partial charge in [-0.25, -0.2) is 4.39 Å². The zero-order valence-corrected chi connectivity index (χ0v) is 12.4. The van der Waals surface area contributed by atoms with E-state index < -0.39 is 0 Å². The Labute approximate surface area is 120 Å². The highest BCUT2D eigenvalue weighted by Gasteiger charge is 2.14. The SMILES string of the molecule is CCNC(c1ccc(CC)cc1)c1ccc(C)c(F)c1. The van der Waals surface area contributed by atoms with Gasteiger partial charge in [-0.2, -0.15) is 0 Å². The van der Waals surface area contributed by atoms with Crippen LogP contribution in [0.25, 0.3) is 0 Å². The fourth-order valence-electron chi connectivity index (χ4n) is 2.37. The number of rotatable bonds is 5. The first-order valence-corrected chi connectivity index (χ1v) is 7.24. The molecule has 0 saturated heterocycles. The molecule has 0 bridgehead atoms. The lowest BCUT2D eigenvalue weighted by Gasteiger charge is -2.19. The number of halogens is 1. The van der Waals surface area contributed by atoms with E-state index >= 15 is 0 Å². The summed E-state index contributed by atoms with van der Waals surface area (Å²) < 4.78 is 13.8. The van der Waals surface area contributed by atoms with Crippen molar-refractivity contribution in [2.45, 2.75) is 33.2 Å². The molecule has 2 rings (SSSR count). The topological polar surface area (TPSA) is 12.0 Å². The predicted octanol–water partition coefficient (Wildman–Crippen LogP) is 4.40. The Kier molecular flexibility index (Phi) is 4.91. The molecule has 0 aromatic heterocycles. The fourth-order valence-corrected chi connectivity index (χ4v) is 2.37. The molecule has 1 N–H and O–H groups in total. The molecule has 0 heterocycles. The summed E-state index contributed by atoms with van der Waals surface area (Å²) in [6, 6.07) is 14.1. The molecule has 2 aromatic rings. The maximum absolute atomic E-state index is 13.8. The standard InChI is InChI=1S/C18H22FN/c1-4-14-7-10-15(11-8-14)18(20-5-2)16-9-6-13(3)17(19)12-16/h6-12,18,20H,4-5H2,1-3H3. The molecule has 0 radical (unpaired) electrons. The molecule has 106 valence electrons. The highest BCUT2D eigenvalue weighted by atomic mass is 19.1. The molecule has 0 aliphatic rings. The summed E-state index contributed by atoms with van der Waals surface area (Å²) in [5, 5.41) is 3.43. The molecule has 0 amide bonds. The van der Waals surface area contributed by atoms with E-state index in [0.29, 0.717) is 5.56 Å². The molecular weight excluding hydrogens is 249 g/mol. The summed E-state index contributed by atoms with van der Waals surface area (Å²) in [6.07, 6.45) is 1.03. The molecule has 2 heteroatoms. The number of benzene rings is 2. The second kappa shape index (κ2) is 6.67. The monoisotopic (exact) mass is 271 g/mol. The van der Waals surface area contributed by atoms with Crippen molar-refractivity contribution in [3.05, 3.63) is 70.5 Å². The van der Waals surface area contributed by atoms with Crippen LogP contribution < -0.4 is 5.32 Å². The molecule has 0 aliphatic carbocycles. The van der Waals surface area contributed by atoms with Crippen LogP contribution in [0.5, 0.6) is 0 Å². The van der Waals surface area contributed by atoms with Crippen molar-refractivity contribution in [3.8, 4) is 0 Å². The van der Waals surface area contributed by atoms with Gasteiger partial charge < -0.3 is 5.32 Å². The normalized spacial score (nSPS) is 12.4. The molecule has 1 atom stereocenters. The molecular formula is C18H22FN. The molecule has 0 aliphatic heterocycles. The van der Waals surface area contributed by atoms with Gasteiger partial charge in [0, 0.05) is 0 Å². The van der Waals surface area contributed by atoms with Crippen LogP contribution in [0, 0.1) is 12.7 Å². The molecule has 0 saturated carbocycles. The van der Waals surface area contributed by atoms with Gasteiger partial charge in [-0.05, 0) is 48.2 Å². The molecule has 1 unspecified atom stereocenters. The van der Waals surface area contributed by atoms with Crippen molar-refractivity contribution < 1.29 is 4.39 Å². The van der Waals surface area contributed by atoms with Crippen molar-refractivity contribution in [1.82, 2.24) is 5.32 Å². The minimum Gasteiger partial charge on any atom is -0.307 e. The number of aryl methyl sites for hydroxylation is 2. The van der Waals surface area contributed by atoms with Crippen LogP contribution in [0.4, 0.5) is 4.39 Å². The van der Waals surface area contributed by atoms with E-state index in [1.165, 1.54) is 11.1 Å². The minimum absolute atomic E-state index is 0.0426. The van der Waals surface area contributed by atoms with Crippen LogP contribution in [0.3, 0.4) is 0 Å². The van der Waals surface area contributed by atoms with Crippen LogP contribution >= 0.6 is 0 Å². The van der Waals surface area contributed by atoms with Gasteiger partial charge in [0.15, 0.2) is 0 Å². The number of hydrogen-bond acceptors (Lipinski definition) is 1. The van der Waals surface area contributed by atoms with Gasteiger partial charge in [-0.15, -0.1) is 0 Å². The first-order chi connectivity index (χ1) is 9.65. The lowest BCUT2D eigenvalue weighted by Crippen LogP contribution is -2.22. The van der Waals surface area contributed by atoms with Gasteiger partial charge in [-0.1, -0.05) is 50.2 Å². The second-order valence-corrected chi connectivity index (χ2v) is 5.09. The molecule has 0 spiro atoms. The Balaban J connectivity index is 2.35. The van der Waals surface area contributed by atoms with Crippen LogP contribution in [0.2, 0.25) is 0 Å². The Hall–Kier alpha value is -1.67. The maximum atomic E-state index is 13.8. The Morgan fingerprint density at radius 3 is 2.20 bits per heavy atom. The predicted molar refractivity (Wildman–Crippen MR) is 82.5 cm³/mol. The summed E-state index contributed by atoms with van der Waals surface area (Å²) >= 11 is 0. The summed E-state index contributed by atoms with van der Waals surface area (Å²) in [5.74, 6) is -0.143. The first kappa shape index (κ1) is 14.7. The Bertz CT molecular complexity index is 560. The third-order valence-corrected chi connectivity index (χ3v) is 3.66. The molecule has 1 nitrogen and oxygen atoms in total. The van der Waals surface area contributed by atoms with Gasteiger partial charge in [0.05, 0.1) is 6.04 Å². The minimum atomic E-state index is -0.143. The summed E-state index contributed by atoms with van der Waals surface area (Å²) in [6.45, 7) is 6.84. The van der Waals surface area contributed by atoms with E-state index in [4.69, 9.17) is 0 Å². The third-order valence-electron chi connectivity index (χ3n) is 3.66. The lowest BCUT2D eigenvalue weighted by atomic mass is 9.96. The fraction of sp³-hybridized carbons (Fsp3) is 0.333. The van der Waals surface area contributed by atoms with Gasteiger partial charge in [-0.3, -0.25) is 0 Å². The summed E-state index contributed by atoms with van der Waals surface area (Å²) in [7, 11) is 0. The van der Waals surface area contributed by atoms with E-state index in [1.54, 1.807) is 13.0 Å². The van der Waals surface area contributed by atoms with E-state index in [2.05, 4.69) is 43.4 Å². The second-order valence-electron chi connectivity index (χ2n) is 5.09. The zero-order chi connectivity index (χ0) is 14.5. The highest BCUT2D eigenvalue weighted by molar-refractivity contribution is 5.35. The largest absolute Gasteiger partial charge is 0.307 e.